The number of aryl methyl sites for hydroxylation is 3. The molecule has 3 aromatic rings. The zero-order valence-corrected chi connectivity index (χ0v) is 13.9. The maximum atomic E-state index is 12.2. The van der Waals surface area contributed by atoms with Gasteiger partial charge in [-0.2, -0.15) is 0 Å². The summed E-state index contributed by atoms with van der Waals surface area (Å²) in [6, 6.07) is 3.86. The molecule has 6 nitrogen and oxygen atoms in total. The Morgan fingerprint density at radius 1 is 1.30 bits per heavy atom. The van der Waals surface area contributed by atoms with E-state index in [0.29, 0.717) is 40.8 Å². The van der Waals surface area contributed by atoms with Crippen LogP contribution in [-0.4, -0.2) is 16.1 Å². The van der Waals surface area contributed by atoms with Crippen molar-refractivity contribution in [3.63, 3.8) is 0 Å². The van der Waals surface area contributed by atoms with Crippen molar-refractivity contribution in [1.29, 1.82) is 0 Å². The summed E-state index contributed by atoms with van der Waals surface area (Å²) in [4.78, 5) is 17.6. The van der Waals surface area contributed by atoms with Crippen LogP contribution in [0.1, 0.15) is 40.2 Å². The first-order valence-corrected chi connectivity index (χ1v) is 8.10. The quantitative estimate of drug-likeness (QED) is 0.659. The Balaban J connectivity index is 1.73. The van der Waals surface area contributed by atoms with Crippen LogP contribution in [0.4, 0.5) is 0 Å². The molecule has 120 valence electrons. The average Bonchev–Trinajstić information content (AvgIpc) is 3.24. The maximum absolute atomic E-state index is 12.2. The largest absolute Gasteiger partial charge is 0.455 e. The van der Waals surface area contributed by atoms with E-state index < -0.39 is 5.97 Å². The molecule has 0 aliphatic heterocycles. The van der Waals surface area contributed by atoms with Crippen molar-refractivity contribution in [2.75, 3.05) is 0 Å². The molecule has 0 atom stereocenters. The Kier molecular flexibility index (Phi) is 4.29. The Morgan fingerprint density at radius 2 is 2.13 bits per heavy atom. The lowest BCUT2D eigenvalue weighted by Gasteiger charge is -2.02. The molecular weight excluding hydrogens is 316 g/mol. The van der Waals surface area contributed by atoms with Gasteiger partial charge in [0.25, 0.3) is 0 Å². The highest BCUT2D eigenvalue weighted by molar-refractivity contribution is 7.13. The molecule has 0 fully saturated rings. The number of oxazole rings is 1. The molecule has 0 spiro atoms. The second-order valence-corrected chi connectivity index (χ2v) is 5.94. The fraction of sp³-hybridized carbons (Fsp3) is 0.312. The van der Waals surface area contributed by atoms with Gasteiger partial charge in [0.15, 0.2) is 0 Å². The zero-order valence-electron chi connectivity index (χ0n) is 13.1. The first-order chi connectivity index (χ1) is 11.1. The normalized spacial score (nSPS) is 10.9. The number of ether oxygens (including phenoxy) is 1. The molecule has 23 heavy (non-hydrogen) atoms. The van der Waals surface area contributed by atoms with Crippen molar-refractivity contribution >= 4 is 17.3 Å². The van der Waals surface area contributed by atoms with Crippen molar-refractivity contribution in [2.24, 2.45) is 0 Å². The first-order valence-electron chi connectivity index (χ1n) is 7.22. The number of hydrogen-bond acceptors (Lipinski definition) is 7. The van der Waals surface area contributed by atoms with Crippen molar-refractivity contribution in [3.05, 3.63) is 46.0 Å². The van der Waals surface area contributed by atoms with Crippen molar-refractivity contribution < 1.29 is 18.5 Å². The molecule has 0 unspecified atom stereocenters. The fourth-order valence-corrected chi connectivity index (χ4v) is 2.84. The van der Waals surface area contributed by atoms with E-state index in [2.05, 4.69) is 10.1 Å². The number of carbonyl (C=O) groups is 1. The predicted octanol–water partition coefficient (Wildman–Crippen LogP) is 3.93. The third-order valence-corrected chi connectivity index (χ3v) is 4.29. The Hall–Kier alpha value is -2.41. The van der Waals surface area contributed by atoms with Gasteiger partial charge in [0.2, 0.25) is 5.89 Å². The molecule has 3 heterocycles. The number of hydrogen-bond donors (Lipinski definition) is 0. The predicted molar refractivity (Wildman–Crippen MR) is 84.3 cm³/mol. The van der Waals surface area contributed by atoms with Gasteiger partial charge in [0.05, 0.1) is 10.6 Å². The van der Waals surface area contributed by atoms with Crippen molar-refractivity contribution in [3.8, 4) is 10.8 Å². The van der Waals surface area contributed by atoms with Crippen LogP contribution in [0.25, 0.3) is 10.8 Å². The lowest BCUT2D eigenvalue weighted by Crippen LogP contribution is -2.09. The summed E-state index contributed by atoms with van der Waals surface area (Å²) in [7, 11) is 0. The van der Waals surface area contributed by atoms with Gasteiger partial charge in [-0.3, -0.25) is 0 Å². The smallest absolute Gasteiger partial charge is 0.344 e. The van der Waals surface area contributed by atoms with Crippen LogP contribution in [0.15, 0.2) is 26.5 Å². The first kappa shape index (κ1) is 15.5. The molecule has 0 saturated carbocycles. The Bertz CT molecular complexity index is 817. The zero-order chi connectivity index (χ0) is 16.4. The Labute approximate surface area is 137 Å². The maximum Gasteiger partial charge on any atom is 0.344 e. The van der Waals surface area contributed by atoms with E-state index >= 15 is 0 Å². The number of esters is 1. The molecule has 0 aliphatic carbocycles. The van der Waals surface area contributed by atoms with E-state index in [1.807, 2.05) is 24.4 Å². The van der Waals surface area contributed by atoms with Gasteiger partial charge in [-0.05, 0) is 31.7 Å². The second kappa shape index (κ2) is 6.37. The minimum atomic E-state index is -0.458. The number of thiophene rings is 1. The highest BCUT2D eigenvalue weighted by Gasteiger charge is 2.22. The van der Waals surface area contributed by atoms with Crippen LogP contribution in [0.3, 0.4) is 0 Å². The van der Waals surface area contributed by atoms with E-state index in [1.54, 1.807) is 25.2 Å². The van der Waals surface area contributed by atoms with E-state index in [-0.39, 0.29) is 6.61 Å². The van der Waals surface area contributed by atoms with Gasteiger partial charge in [0, 0.05) is 0 Å². The third-order valence-electron chi connectivity index (χ3n) is 3.44. The average molecular weight is 332 g/mol. The SMILES string of the molecule is CCc1noc(C)c1C(=O)OCc1nc(-c2cccs2)oc1C. The van der Waals surface area contributed by atoms with E-state index in [4.69, 9.17) is 13.7 Å². The van der Waals surface area contributed by atoms with E-state index in [1.165, 1.54) is 0 Å². The minimum Gasteiger partial charge on any atom is -0.455 e. The monoisotopic (exact) mass is 332 g/mol. The van der Waals surface area contributed by atoms with Gasteiger partial charge < -0.3 is 13.7 Å². The van der Waals surface area contributed by atoms with Gasteiger partial charge >= 0.3 is 5.97 Å². The van der Waals surface area contributed by atoms with Gasteiger partial charge in [-0.1, -0.05) is 18.1 Å². The van der Waals surface area contributed by atoms with Crippen LogP contribution in [0.5, 0.6) is 0 Å². The van der Waals surface area contributed by atoms with Gasteiger partial charge in [0.1, 0.15) is 29.4 Å². The van der Waals surface area contributed by atoms with Gasteiger partial charge in [-0.25, -0.2) is 9.78 Å². The summed E-state index contributed by atoms with van der Waals surface area (Å²) in [5.74, 6) is 1.18. The lowest BCUT2D eigenvalue weighted by molar-refractivity contribution is 0.0464. The molecule has 0 amide bonds. The Morgan fingerprint density at radius 3 is 2.83 bits per heavy atom. The van der Waals surface area contributed by atoms with Crippen LogP contribution in [0, 0.1) is 13.8 Å². The van der Waals surface area contributed by atoms with E-state index in [0.717, 1.165) is 4.88 Å². The lowest BCUT2D eigenvalue weighted by atomic mass is 10.1. The summed E-state index contributed by atoms with van der Waals surface area (Å²) in [5, 5.41) is 5.81. The van der Waals surface area contributed by atoms with Crippen LogP contribution >= 0.6 is 11.3 Å². The third kappa shape index (κ3) is 3.05. The van der Waals surface area contributed by atoms with Crippen molar-refractivity contribution in [2.45, 2.75) is 33.8 Å². The van der Waals surface area contributed by atoms with Crippen LogP contribution < -0.4 is 0 Å². The highest BCUT2D eigenvalue weighted by atomic mass is 32.1. The molecule has 0 radical (unpaired) electrons. The molecular formula is C16H16N2O4S. The number of carbonyl (C=O) groups excluding carboxylic acids is 1. The number of rotatable bonds is 5. The fourth-order valence-electron chi connectivity index (χ4n) is 2.19. The molecule has 0 aromatic carbocycles. The van der Waals surface area contributed by atoms with Crippen LogP contribution in [0.2, 0.25) is 0 Å². The molecule has 0 saturated heterocycles. The molecule has 3 aromatic heterocycles. The number of aromatic nitrogens is 2. The summed E-state index contributed by atoms with van der Waals surface area (Å²) in [5.41, 5.74) is 1.60. The molecule has 3 rings (SSSR count). The molecule has 7 heteroatoms. The second-order valence-electron chi connectivity index (χ2n) is 4.99. The molecule has 0 bridgehead atoms. The summed E-state index contributed by atoms with van der Waals surface area (Å²) in [6.45, 7) is 5.45. The summed E-state index contributed by atoms with van der Waals surface area (Å²) < 4.78 is 16.0. The summed E-state index contributed by atoms with van der Waals surface area (Å²) >= 11 is 1.54. The molecule has 0 N–H and O–H groups in total. The number of nitrogens with zero attached hydrogens (tertiary/aromatic N) is 2. The van der Waals surface area contributed by atoms with Gasteiger partial charge in [-0.15, -0.1) is 11.3 Å². The summed E-state index contributed by atoms with van der Waals surface area (Å²) in [6.07, 6.45) is 0.604. The topological polar surface area (TPSA) is 78.4 Å². The van der Waals surface area contributed by atoms with Crippen LogP contribution in [-0.2, 0) is 17.8 Å². The minimum absolute atomic E-state index is 0.0489. The highest BCUT2D eigenvalue weighted by Crippen LogP contribution is 2.26. The standard InChI is InChI=1S/C16H16N2O4S/c1-4-11-14(10(3)22-18-11)16(19)20-8-12-9(2)21-15(17-12)13-6-5-7-23-13/h5-7H,4,8H2,1-3H3. The molecule has 0 aliphatic rings. The van der Waals surface area contributed by atoms with Crippen molar-refractivity contribution in [1.82, 2.24) is 10.1 Å². The van der Waals surface area contributed by atoms with E-state index in [9.17, 15) is 4.79 Å².